The third-order valence-corrected chi connectivity index (χ3v) is 6.33. The molecule has 0 aliphatic carbocycles. The molecule has 0 fully saturated rings. The van der Waals surface area contributed by atoms with Crippen LogP contribution in [-0.2, 0) is 17.7 Å². The molecule has 3 rings (SSSR count). The first-order chi connectivity index (χ1) is 11.0. The van der Waals surface area contributed by atoms with Crippen molar-refractivity contribution in [1.82, 2.24) is 9.55 Å². The third kappa shape index (κ3) is 3.30. The fourth-order valence-electron chi connectivity index (χ4n) is 2.16. The van der Waals surface area contributed by atoms with Gasteiger partial charge in [-0.25, -0.2) is 0 Å². The van der Waals surface area contributed by atoms with E-state index >= 15 is 0 Å². The number of pyridine rings is 1. The maximum atomic E-state index is 12.7. The summed E-state index contributed by atoms with van der Waals surface area (Å²) in [4.78, 5) is 16.9. The van der Waals surface area contributed by atoms with Gasteiger partial charge in [0.25, 0.3) is 5.56 Å². The number of halogens is 1. The largest absolute Gasteiger partial charge is 0.610 e. The molecule has 23 heavy (non-hydrogen) atoms. The lowest BCUT2D eigenvalue weighted by atomic mass is 10.2. The summed E-state index contributed by atoms with van der Waals surface area (Å²) in [5.41, 5.74) is 1.14. The van der Waals surface area contributed by atoms with E-state index in [4.69, 9.17) is 4.74 Å². The van der Waals surface area contributed by atoms with Crippen LogP contribution in [0.1, 0.15) is 5.56 Å². The number of thiazole rings is 1. The van der Waals surface area contributed by atoms with Gasteiger partial charge in [-0.3, -0.25) is 9.36 Å². The van der Waals surface area contributed by atoms with Crippen molar-refractivity contribution in [2.45, 2.75) is 10.9 Å². The summed E-state index contributed by atoms with van der Waals surface area (Å²) < 4.78 is 20.2. The summed E-state index contributed by atoms with van der Waals surface area (Å²) in [7, 11) is 1.61. The van der Waals surface area contributed by atoms with Crippen molar-refractivity contribution in [2.75, 3.05) is 13.4 Å². The number of nitrogens with zero attached hydrogens (tertiary/aromatic N) is 2. The molecule has 0 radical (unpaired) electrons. The molecule has 0 spiro atoms. The molecule has 2 aromatic heterocycles. The van der Waals surface area contributed by atoms with Crippen molar-refractivity contribution in [2.24, 2.45) is 0 Å². The van der Waals surface area contributed by atoms with Crippen molar-refractivity contribution in [3.8, 4) is 5.75 Å². The van der Waals surface area contributed by atoms with Crippen LogP contribution in [0.15, 0.2) is 44.1 Å². The number of fused-ring (bicyclic) bond motifs is 1. The summed E-state index contributed by atoms with van der Waals surface area (Å²) in [6.07, 6.45) is 1.56. The van der Waals surface area contributed by atoms with Crippen molar-refractivity contribution in [1.29, 1.82) is 0 Å². The minimum Gasteiger partial charge on any atom is -0.610 e. The van der Waals surface area contributed by atoms with E-state index in [1.54, 1.807) is 17.9 Å². The number of aromatic nitrogens is 2. The lowest BCUT2D eigenvalue weighted by Gasteiger charge is -2.09. The molecule has 0 amide bonds. The molecule has 1 unspecified atom stereocenters. The smallest absolute Gasteiger partial charge is 0.302 e. The van der Waals surface area contributed by atoms with E-state index in [2.05, 4.69) is 20.9 Å². The minimum absolute atomic E-state index is 0.196. The predicted octanol–water partition coefficient (Wildman–Crippen LogP) is 3.01. The highest BCUT2D eigenvalue weighted by molar-refractivity contribution is 9.10. The second kappa shape index (κ2) is 6.64. The van der Waals surface area contributed by atoms with E-state index in [0.29, 0.717) is 21.0 Å². The van der Waals surface area contributed by atoms with E-state index in [0.717, 1.165) is 16.0 Å². The number of hydrogen-bond acceptors (Lipinski definition) is 5. The van der Waals surface area contributed by atoms with Gasteiger partial charge in [-0.15, -0.1) is 0 Å². The molecule has 0 bridgehead atoms. The highest BCUT2D eigenvalue weighted by Crippen LogP contribution is 2.26. The standard InChI is InChI=1S/C15H13BrN2O3S2/c1-21-10-5-3-9(4-6-10)8-18-12(16)7-11-13(14(18)19)17-15(22-11)23(2)20/h3-7H,8H2,1-2H3. The lowest BCUT2D eigenvalue weighted by molar-refractivity contribution is 0.414. The Bertz CT molecular complexity index is 903. The van der Waals surface area contributed by atoms with Crippen molar-refractivity contribution < 1.29 is 9.29 Å². The Morgan fingerprint density at radius 1 is 1.39 bits per heavy atom. The molecule has 3 aromatic rings. The van der Waals surface area contributed by atoms with Gasteiger partial charge in [0.05, 0.1) is 23.0 Å². The molecule has 0 aliphatic rings. The molecule has 0 saturated carbocycles. The number of benzene rings is 1. The Morgan fingerprint density at radius 3 is 2.70 bits per heavy atom. The van der Waals surface area contributed by atoms with Crippen LogP contribution in [0.2, 0.25) is 0 Å². The fourth-order valence-corrected chi connectivity index (χ4v) is 4.51. The van der Waals surface area contributed by atoms with Crippen molar-refractivity contribution in [3.05, 3.63) is 50.9 Å². The maximum absolute atomic E-state index is 12.7. The second-order valence-corrected chi connectivity index (χ2v) is 8.25. The lowest BCUT2D eigenvalue weighted by Crippen LogP contribution is -2.21. The first-order valence-electron chi connectivity index (χ1n) is 6.66. The van der Waals surface area contributed by atoms with Crippen LogP contribution >= 0.6 is 27.3 Å². The van der Waals surface area contributed by atoms with E-state index < -0.39 is 11.2 Å². The zero-order valence-electron chi connectivity index (χ0n) is 12.4. The number of hydrogen-bond donors (Lipinski definition) is 0. The maximum Gasteiger partial charge on any atom is 0.302 e. The monoisotopic (exact) mass is 412 g/mol. The predicted molar refractivity (Wildman–Crippen MR) is 96.0 cm³/mol. The van der Waals surface area contributed by atoms with E-state index in [1.807, 2.05) is 30.3 Å². The van der Waals surface area contributed by atoms with Crippen LogP contribution < -0.4 is 10.3 Å². The Balaban J connectivity index is 2.04. The molecule has 0 N–H and O–H groups in total. The molecular weight excluding hydrogens is 400 g/mol. The van der Waals surface area contributed by atoms with Crippen LogP contribution in [0.3, 0.4) is 0 Å². The Labute approximate surface area is 148 Å². The van der Waals surface area contributed by atoms with Crippen LogP contribution in [0.4, 0.5) is 0 Å². The summed E-state index contributed by atoms with van der Waals surface area (Å²) >= 11 is 3.53. The molecule has 8 heteroatoms. The molecule has 1 atom stereocenters. The highest BCUT2D eigenvalue weighted by Gasteiger charge is 2.17. The highest BCUT2D eigenvalue weighted by atomic mass is 79.9. The average molecular weight is 413 g/mol. The third-order valence-electron chi connectivity index (χ3n) is 3.34. The molecule has 0 saturated heterocycles. The quantitative estimate of drug-likeness (QED) is 0.487. The first kappa shape index (κ1) is 16.5. The minimum atomic E-state index is -1.19. The van der Waals surface area contributed by atoms with Gasteiger partial charge in [-0.2, -0.15) is 4.98 Å². The summed E-state index contributed by atoms with van der Waals surface area (Å²) in [6, 6.07) is 9.38. The molecule has 2 heterocycles. The summed E-state index contributed by atoms with van der Waals surface area (Å²) in [5.74, 6) is 0.769. The van der Waals surface area contributed by atoms with E-state index in [1.165, 1.54) is 11.3 Å². The zero-order chi connectivity index (χ0) is 16.6. The molecule has 120 valence electrons. The second-order valence-electron chi connectivity index (χ2n) is 4.85. The summed E-state index contributed by atoms with van der Waals surface area (Å²) in [5, 5.41) is 0. The van der Waals surface area contributed by atoms with Gasteiger partial charge < -0.3 is 9.29 Å². The van der Waals surface area contributed by atoms with Gasteiger partial charge in [0, 0.05) is 11.2 Å². The van der Waals surface area contributed by atoms with Crippen LogP contribution in [0, 0.1) is 0 Å². The van der Waals surface area contributed by atoms with Crippen molar-refractivity contribution >= 4 is 48.7 Å². The molecule has 5 nitrogen and oxygen atoms in total. The molecular formula is C15H13BrN2O3S2. The molecule has 1 aromatic carbocycles. The first-order valence-corrected chi connectivity index (χ1v) is 9.82. The van der Waals surface area contributed by atoms with Gasteiger partial charge in [-0.05, 0) is 39.7 Å². The van der Waals surface area contributed by atoms with Crippen LogP contribution in [0.5, 0.6) is 5.75 Å². The Kier molecular flexibility index (Phi) is 4.77. The SMILES string of the molecule is COc1ccc(Cn2c(Br)cc3sc([S+](C)[O-])nc3c2=O)cc1. The number of ether oxygens (including phenoxy) is 1. The Hall–Kier alpha value is -1.35. The van der Waals surface area contributed by atoms with Gasteiger partial charge >= 0.3 is 4.34 Å². The van der Waals surface area contributed by atoms with Gasteiger partial charge in [0.15, 0.2) is 5.52 Å². The average Bonchev–Trinajstić information content (AvgIpc) is 2.96. The normalized spacial score (nSPS) is 12.5. The van der Waals surface area contributed by atoms with E-state index in [9.17, 15) is 9.35 Å². The van der Waals surface area contributed by atoms with E-state index in [-0.39, 0.29) is 5.56 Å². The fraction of sp³-hybridized carbons (Fsp3) is 0.200. The van der Waals surface area contributed by atoms with Gasteiger partial charge in [0.2, 0.25) is 0 Å². The summed E-state index contributed by atoms with van der Waals surface area (Å²) in [6.45, 7) is 0.418. The topological polar surface area (TPSA) is 67.2 Å². The zero-order valence-corrected chi connectivity index (χ0v) is 15.6. The van der Waals surface area contributed by atoms with Crippen molar-refractivity contribution in [3.63, 3.8) is 0 Å². The van der Waals surface area contributed by atoms with Crippen LogP contribution in [-0.4, -0.2) is 27.5 Å². The van der Waals surface area contributed by atoms with Crippen LogP contribution in [0.25, 0.3) is 10.2 Å². The Morgan fingerprint density at radius 2 is 2.09 bits per heavy atom. The number of methoxy groups -OCH3 is 1. The molecule has 0 aliphatic heterocycles. The van der Waals surface area contributed by atoms with Gasteiger partial charge in [-0.1, -0.05) is 23.5 Å². The van der Waals surface area contributed by atoms with Gasteiger partial charge in [0.1, 0.15) is 12.0 Å². The number of rotatable bonds is 4.